The summed E-state index contributed by atoms with van der Waals surface area (Å²) in [4.78, 5) is 24.5. The first-order chi connectivity index (χ1) is 12.6. The van der Waals surface area contributed by atoms with Crippen molar-refractivity contribution in [2.24, 2.45) is 5.92 Å². The van der Waals surface area contributed by atoms with E-state index in [1.807, 2.05) is 74.5 Å². The Morgan fingerprint density at radius 3 is 2.23 bits per heavy atom. The lowest BCUT2D eigenvalue weighted by Gasteiger charge is -2.21. The van der Waals surface area contributed by atoms with E-state index >= 15 is 0 Å². The van der Waals surface area contributed by atoms with Crippen molar-refractivity contribution < 1.29 is 14.3 Å². The molecule has 4 nitrogen and oxygen atoms in total. The lowest BCUT2D eigenvalue weighted by atomic mass is 9.86. The largest absolute Gasteiger partial charge is 0.455 e. The minimum absolute atomic E-state index is 0.144. The molecular weight excluding hydrogens is 326 g/mol. The molecule has 138 valence electrons. The van der Waals surface area contributed by atoms with Crippen molar-refractivity contribution in [2.75, 3.05) is 13.2 Å². The van der Waals surface area contributed by atoms with Crippen LogP contribution in [0.25, 0.3) is 0 Å². The van der Waals surface area contributed by atoms with Gasteiger partial charge in [-0.1, -0.05) is 80.9 Å². The number of benzene rings is 2. The molecule has 1 N–H and O–H groups in total. The summed E-state index contributed by atoms with van der Waals surface area (Å²) in [5.41, 5.74) is 2.09. The first-order valence-electron chi connectivity index (χ1n) is 9.14. The Hall–Kier alpha value is -2.62. The molecule has 2 rings (SSSR count). The van der Waals surface area contributed by atoms with E-state index in [-0.39, 0.29) is 30.3 Å². The summed E-state index contributed by atoms with van der Waals surface area (Å²) < 4.78 is 5.30. The molecule has 0 aliphatic rings. The second-order valence-electron chi connectivity index (χ2n) is 6.47. The van der Waals surface area contributed by atoms with Gasteiger partial charge in [0.2, 0.25) is 0 Å². The molecule has 0 unspecified atom stereocenters. The predicted octanol–water partition coefficient (Wildman–Crippen LogP) is 3.72. The Labute approximate surface area is 155 Å². The normalized spacial score (nSPS) is 12.8. The molecule has 0 saturated heterocycles. The van der Waals surface area contributed by atoms with E-state index in [2.05, 4.69) is 5.32 Å². The van der Waals surface area contributed by atoms with Crippen molar-refractivity contribution in [2.45, 2.75) is 32.6 Å². The highest BCUT2D eigenvalue weighted by atomic mass is 16.5. The van der Waals surface area contributed by atoms with Crippen molar-refractivity contribution in [3.8, 4) is 0 Å². The number of carbonyl (C=O) groups excluding carboxylic acids is 2. The van der Waals surface area contributed by atoms with Crippen LogP contribution in [0.15, 0.2) is 60.7 Å². The molecule has 1 amide bonds. The number of esters is 1. The maximum atomic E-state index is 12.5. The van der Waals surface area contributed by atoms with Gasteiger partial charge in [0.15, 0.2) is 6.61 Å². The average molecular weight is 353 g/mol. The summed E-state index contributed by atoms with van der Waals surface area (Å²) in [6.07, 6.45) is 1.61. The molecule has 0 aliphatic carbocycles. The van der Waals surface area contributed by atoms with Gasteiger partial charge in [-0.25, -0.2) is 0 Å². The second kappa shape index (κ2) is 10.4. The van der Waals surface area contributed by atoms with Crippen molar-refractivity contribution in [1.29, 1.82) is 0 Å². The lowest BCUT2D eigenvalue weighted by Crippen LogP contribution is -2.32. The van der Waals surface area contributed by atoms with Gasteiger partial charge in [-0.05, 0) is 23.5 Å². The van der Waals surface area contributed by atoms with Gasteiger partial charge in [0.25, 0.3) is 5.91 Å². The van der Waals surface area contributed by atoms with E-state index < -0.39 is 0 Å². The quantitative estimate of drug-likeness (QED) is 0.699. The molecule has 0 radical (unpaired) electrons. The van der Waals surface area contributed by atoms with E-state index in [9.17, 15) is 9.59 Å². The summed E-state index contributed by atoms with van der Waals surface area (Å²) in [6.45, 7) is 4.35. The molecule has 26 heavy (non-hydrogen) atoms. The number of hydrogen-bond donors (Lipinski definition) is 1. The molecule has 0 bridgehead atoms. The topological polar surface area (TPSA) is 55.4 Å². The molecule has 0 fully saturated rings. The molecule has 2 aromatic rings. The number of rotatable bonds is 9. The fraction of sp³-hybridized carbons (Fsp3) is 0.364. The van der Waals surface area contributed by atoms with Crippen LogP contribution in [0.4, 0.5) is 0 Å². The SMILES string of the molecule is CC[C@H](C)[C@H](C(=O)OCC(=O)NCCc1ccccc1)c1ccccc1. The Kier molecular flexibility index (Phi) is 7.87. The van der Waals surface area contributed by atoms with Gasteiger partial charge < -0.3 is 10.1 Å². The van der Waals surface area contributed by atoms with Gasteiger partial charge >= 0.3 is 5.97 Å². The van der Waals surface area contributed by atoms with Crippen LogP contribution >= 0.6 is 0 Å². The van der Waals surface area contributed by atoms with Crippen LogP contribution in [0, 0.1) is 5.92 Å². The van der Waals surface area contributed by atoms with E-state index in [0.717, 1.165) is 24.0 Å². The summed E-state index contributed by atoms with van der Waals surface area (Å²) in [6, 6.07) is 19.5. The average Bonchev–Trinajstić information content (AvgIpc) is 2.68. The van der Waals surface area contributed by atoms with Gasteiger partial charge in [0.05, 0.1) is 5.92 Å². The molecule has 4 heteroatoms. The van der Waals surface area contributed by atoms with Crippen molar-refractivity contribution in [3.05, 3.63) is 71.8 Å². The van der Waals surface area contributed by atoms with E-state index in [0.29, 0.717) is 6.54 Å². The zero-order chi connectivity index (χ0) is 18.8. The predicted molar refractivity (Wildman–Crippen MR) is 103 cm³/mol. The van der Waals surface area contributed by atoms with Crippen molar-refractivity contribution in [1.82, 2.24) is 5.32 Å². The number of carbonyl (C=O) groups is 2. The van der Waals surface area contributed by atoms with E-state index in [1.54, 1.807) is 0 Å². The minimum atomic E-state index is -0.349. The molecule has 0 heterocycles. The third kappa shape index (κ3) is 6.03. The first kappa shape index (κ1) is 19.7. The van der Waals surface area contributed by atoms with Crippen LogP contribution in [0.1, 0.15) is 37.3 Å². The summed E-state index contributed by atoms with van der Waals surface area (Å²) in [7, 11) is 0. The van der Waals surface area contributed by atoms with Gasteiger partial charge in [0.1, 0.15) is 0 Å². The first-order valence-corrected chi connectivity index (χ1v) is 9.14. The van der Waals surface area contributed by atoms with Gasteiger partial charge in [-0.2, -0.15) is 0 Å². The van der Waals surface area contributed by atoms with Crippen molar-refractivity contribution >= 4 is 11.9 Å². The Morgan fingerprint density at radius 2 is 1.62 bits per heavy atom. The third-order valence-corrected chi connectivity index (χ3v) is 4.55. The minimum Gasteiger partial charge on any atom is -0.455 e. The molecule has 0 saturated carbocycles. The monoisotopic (exact) mass is 353 g/mol. The molecule has 0 aliphatic heterocycles. The standard InChI is InChI=1S/C22H27NO3/c1-3-17(2)21(19-12-8-5-9-13-19)22(25)26-16-20(24)23-15-14-18-10-6-4-7-11-18/h4-13,17,21H,3,14-16H2,1-2H3,(H,23,24)/t17-,21-/m0/s1. The zero-order valence-corrected chi connectivity index (χ0v) is 15.5. The van der Waals surface area contributed by atoms with Crippen LogP contribution in [-0.4, -0.2) is 25.0 Å². The van der Waals surface area contributed by atoms with Crippen molar-refractivity contribution in [3.63, 3.8) is 0 Å². The van der Waals surface area contributed by atoms with E-state index in [4.69, 9.17) is 4.74 Å². The maximum absolute atomic E-state index is 12.5. The Bertz CT molecular complexity index is 685. The second-order valence-corrected chi connectivity index (χ2v) is 6.47. The third-order valence-electron chi connectivity index (χ3n) is 4.55. The maximum Gasteiger partial charge on any atom is 0.314 e. The lowest BCUT2D eigenvalue weighted by molar-refractivity contribution is -0.151. The Balaban J connectivity index is 1.82. The highest BCUT2D eigenvalue weighted by Gasteiger charge is 2.27. The van der Waals surface area contributed by atoms with Gasteiger partial charge in [-0.15, -0.1) is 0 Å². The summed E-state index contributed by atoms with van der Waals surface area (Å²) in [5.74, 6) is -0.821. The smallest absolute Gasteiger partial charge is 0.314 e. The Morgan fingerprint density at radius 1 is 1.00 bits per heavy atom. The molecular formula is C22H27NO3. The number of nitrogens with one attached hydrogen (secondary N) is 1. The number of amides is 1. The fourth-order valence-electron chi connectivity index (χ4n) is 2.86. The summed E-state index contributed by atoms with van der Waals surface area (Å²) >= 11 is 0. The zero-order valence-electron chi connectivity index (χ0n) is 15.5. The molecule has 2 atom stereocenters. The molecule has 0 spiro atoms. The van der Waals surface area contributed by atoms with Gasteiger partial charge in [-0.3, -0.25) is 9.59 Å². The van der Waals surface area contributed by atoms with Crippen LogP contribution in [0.2, 0.25) is 0 Å². The molecule has 0 aromatic heterocycles. The van der Waals surface area contributed by atoms with E-state index in [1.165, 1.54) is 0 Å². The van der Waals surface area contributed by atoms with Gasteiger partial charge in [0, 0.05) is 6.54 Å². The highest BCUT2D eigenvalue weighted by molar-refractivity contribution is 5.83. The fourth-order valence-corrected chi connectivity index (χ4v) is 2.86. The molecule has 2 aromatic carbocycles. The summed E-state index contributed by atoms with van der Waals surface area (Å²) in [5, 5.41) is 2.79. The van der Waals surface area contributed by atoms with Crippen LogP contribution in [-0.2, 0) is 20.7 Å². The van der Waals surface area contributed by atoms with Crippen LogP contribution in [0.3, 0.4) is 0 Å². The number of hydrogen-bond acceptors (Lipinski definition) is 3. The van der Waals surface area contributed by atoms with Crippen LogP contribution in [0.5, 0.6) is 0 Å². The van der Waals surface area contributed by atoms with Crippen LogP contribution < -0.4 is 5.32 Å². The highest BCUT2D eigenvalue weighted by Crippen LogP contribution is 2.28. The number of ether oxygens (including phenoxy) is 1.